The number of carboxylic acid groups (broad SMARTS) is 1. The summed E-state index contributed by atoms with van der Waals surface area (Å²) in [6, 6.07) is 13.9. The highest BCUT2D eigenvalue weighted by Crippen LogP contribution is 2.33. The zero-order valence-electron chi connectivity index (χ0n) is 12.1. The van der Waals surface area contributed by atoms with Crippen molar-refractivity contribution < 1.29 is 14.6 Å². The van der Waals surface area contributed by atoms with E-state index in [1.165, 1.54) is 5.56 Å². The normalized spacial score (nSPS) is 10.4. The number of hydrogen-bond acceptors (Lipinski definition) is 3. The molecule has 0 saturated carbocycles. The molecule has 0 heterocycles. The average Bonchev–Trinajstić information content (AvgIpc) is 2.49. The van der Waals surface area contributed by atoms with Crippen LogP contribution < -0.4 is 4.74 Å². The summed E-state index contributed by atoms with van der Waals surface area (Å²) in [5.74, 6) is -0.164. The van der Waals surface area contributed by atoms with Gasteiger partial charge in [0.25, 0.3) is 0 Å². The maximum atomic E-state index is 11.0. The second kappa shape index (κ2) is 7.18. The molecule has 2 rings (SSSR count). The molecule has 0 saturated heterocycles. The third kappa shape index (κ3) is 4.26. The van der Waals surface area contributed by atoms with Gasteiger partial charge in [-0.2, -0.15) is 0 Å². The van der Waals surface area contributed by atoms with Crippen LogP contribution >= 0.6 is 11.8 Å². The molecule has 21 heavy (non-hydrogen) atoms. The van der Waals surface area contributed by atoms with Crippen molar-refractivity contribution in [2.45, 2.75) is 29.6 Å². The summed E-state index contributed by atoms with van der Waals surface area (Å²) in [6.45, 7) is 2.12. The molecule has 3 nitrogen and oxygen atoms in total. The first-order valence-electron chi connectivity index (χ1n) is 6.78. The Labute approximate surface area is 129 Å². The lowest BCUT2D eigenvalue weighted by Gasteiger charge is -2.10. The Morgan fingerprint density at radius 1 is 1.19 bits per heavy atom. The van der Waals surface area contributed by atoms with Gasteiger partial charge in [0.2, 0.25) is 0 Å². The van der Waals surface area contributed by atoms with Gasteiger partial charge < -0.3 is 9.84 Å². The smallest absolute Gasteiger partial charge is 0.307 e. The quantitative estimate of drug-likeness (QED) is 0.875. The number of carboxylic acids is 1. The van der Waals surface area contributed by atoms with E-state index in [2.05, 4.69) is 31.2 Å². The van der Waals surface area contributed by atoms with Crippen LogP contribution in [0, 0.1) is 0 Å². The van der Waals surface area contributed by atoms with Gasteiger partial charge >= 0.3 is 5.97 Å². The molecule has 0 atom stereocenters. The molecule has 2 aromatic carbocycles. The zero-order valence-corrected chi connectivity index (χ0v) is 12.9. The Bertz CT molecular complexity index is 620. The second-order valence-corrected chi connectivity index (χ2v) is 5.76. The highest BCUT2D eigenvalue weighted by atomic mass is 32.2. The van der Waals surface area contributed by atoms with Crippen LogP contribution in [-0.2, 0) is 17.6 Å². The number of hydrogen-bond donors (Lipinski definition) is 1. The summed E-state index contributed by atoms with van der Waals surface area (Å²) < 4.78 is 5.17. The summed E-state index contributed by atoms with van der Waals surface area (Å²) in [5, 5.41) is 9.04. The first kappa shape index (κ1) is 15.4. The van der Waals surface area contributed by atoms with Crippen LogP contribution in [0.4, 0.5) is 0 Å². The maximum Gasteiger partial charge on any atom is 0.307 e. The summed E-state index contributed by atoms with van der Waals surface area (Å²) in [7, 11) is 1.58. The van der Waals surface area contributed by atoms with Crippen LogP contribution in [0.1, 0.15) is 18.1 Å². The molecule has 0 unspecified atom stereocenters. The van der Waals surface area contributed by atoms with Crippen LogP contribution in [0.15, 0.2) is 52.3 Å². The Balaban J connectivity index is 2.26. The van der Waals surface area contributed by atoms with Gasteiger partial charge in [0.15, 0.2) is 0 Å². The van der Waals surface area contributed by atoms with Gasteiger partial charge in [-0.15, -0.1) is 0 Å². The molecule has 0 spiro atoms. The summed E-state index contributed by atoms with van der Waals surface area (Å²) in [6.07, 6.45) is 1.00. The molecule has 0 aliphatic heterocycles. The van der Waals surface area contributed by atoms with Gasteiger partial charge in [0, 0.05) is 9.79 Å². The molecule has 0 aromatic heterocycles. The van der Waals surface area contributed by atoms with E-state index < -0.39 is 5.97 Å². The van der Waals surface area contributed by atoms with Gasteiger partial charge in [-0.3, -0.25) is 4.79 Å². The van der Waals surface area contributed by atoms with E-state index >= 15 is 0 Å². The molecule has 2 aromatic rings. The molecule has 4 heteroatoms. The molecular formula is C17H18O3S. The number of carbonyl (C=O) groups is 1. The van der Waals surface area contributed by atoms with Crippen molar-refractivity contribution in [1.29, 1.82) is 0 Å². The zero-order chi connectivity index (χ0) is 15.2. The van der Waals surface area contributed by atoms with Crippen molar-refractivity contribution in [1.82, 2.24) is 0 Å². The van der Waals surface area contributed by atoms with E-state index in [1.807, 2.05) is 12.1 Å². The van der Waals surface area contributed by atoms with E-state index in [4.69, 9.17) is 9.84 Å². The third-order valence-electron chi connectivity index (χ3n) is 3.17. The Hall–Kier alpha value is -1.94. The molecule has 0 aliphatic rings. The predicted molar refractivity (Wildman–Crippen MR) is 84.3 cm³/mol. The highest BCUT2D eigenvalue weighted by Gasteiger charge is 2.10. The van der Waals surface area contributed by atoms with Crippen molar-refractivity contribution in [3.63, 3.8) is 0 Å². The maximum absolute atomic E-state index is 11.0. The topological polar surface area (TPSA) is 46.5 Å². The summed E-state index contributed by atoms with van der Waals surface area (Å²) in [4.78, 5) is 13.1. The van der Waals surface area contributed by atoms with Gasteiger partial charge in [-0.05, 0) is 47.9 Å². The first-order chi connectivity index (χ1) is 10.1. The Morgan fingerprint density at radius 2 is 1.90 bits per heavy atom. The van der Waals surface area contributed by atoms with E-state index in [9.17, 15) is 4.79 Å². The number of benzene rings is 2. The minimum atomic E-state index is -0.841. The monoisotopic (exact) mass is 302 g/mol. The van der Waals surface area contributed by atoms with Gasteiger partial charge in [-0.25, -0.2) is 0 Å². The van der Waals surface area contributed by atoms with Gasteiger partial charge in [0.05, 0.1) is 13.5 Å². The molecule has 0 radical (unpaired) electrons. The number of methoxy groups -OCH3 is 1. The SMILES string of the molecule is CCc1ccc(Sc2ccc(OC)cc2CC(=O)O)cc1. The second-order valence-electron chi connectivity index (χ2n) is 4.64. The Morgan fingerprint density at radius 3 is 2.48 bits per heavy atom. The van der Waals surface area contributed by atoms with Crippen molar-refractivity contribution in [3.05, 3.63) is 53.6 Å². The Kier molecular flexibility index (Phi) is 5.28. The highest BCUT2D eigenvalue weighted by molar-refractivity contribution is 7.99. The standard InChI is InChI=1S/C17H18O3S/c1-3-12-4-7-15(8-5-12)21-16-9-6-14(20-2)10-13(16)11-17(18)19/h4-10H,3,11H2,1-2H3,(H,18,19). The van der Waals surface area contributed by atoms with Crippen LogP contribution in [0.3, 0.4) is 0 Å². The average molecular weight is 302 g/mol. The minimum absolute atomic E-state index is 0.00736. The fraction of sp³-hybridized carbons (Fsp3) is 0.235. The molecule has 110 valence electrons. The van der Waals surface area contributed by atoms with E-state index in [-0.39, 0.29) is 6.42 Å². The number of ether oxygens (including phenoxy) is 1. The van der Waals surface area contributed by atoms with Gasteiger partial charge in [-0.1, -0.05) is 30.8 Å². The van der Waals surface area contributed by atoms with Crippen LogP contribution in [0.25, 0.3) is 0 Å². The number of aliphatic carboxylic acids is 1. The predicted octanol–water partition coefficient (Wildman–Crippen LogP) is 4.04. The fourth-order valence-corrected chi connectivity index (χ4v) is 2.93. The lowest BCUT2D eigenvalue weighted by atomic mass is 10.1. The largest absolute Gasteiger partial charge is 0.497 e. The lowest BCUT2D eigenvalue weighted by molar-refractivity contribution is -0.136. The fourth-order valence-electron chi connectivity index (χ4n) is 2.00. The third-order valence-corrected chi connectivity index (χ3v) is 4.29. The van der Waals surface area contributed by atoms with E-state index in [1.54, 1.807) is 24.9 Å². The summed E-state index contributed by atoms with van der Waals surface area (Å²) in [5.41, 5.74) is 2.06. The molecule has 0 bridgehead atoms. The first-order valence-corrected chi connectivity index (χ1v) is 7.59. The van der Waals surface area contributed by atoms with Crippen LogP contribution in [0.5, 0.6) is 5.75 Å². The van der Waals surface area contributed by atoms with Crippen molar-refractivity contribution in [2.75, 3.05) is 7.11 Å². The van der Waals surface area contributed by atoms with Gasteiger partial charge in [0.1, 0.15) is 5.75 Å². The minimum Gasteiger partial charge on any atom is -0.497 e. The molecular weight excluding hydrogens is 284 g/mol. The summed E-state index contributed by atoms with van der Waals surface area (Å²) >= 11 is 1.58. The molecule has 0 aliphatic carbocycles. The van der Waals surface area contributed by atoms with Crippen molar-refractivity contribution in [3.8, 4) is 5.75 Å². The van der Waals surface area contributed by atoms with Crippen LogP contribution in [0.2, 0.25) is 0 Å². The molecule has 0 amide bonds. The molecule has 1 N–H and O–H groups in total. The number of aryl methyl sites for hydroxylation is 1. The van der Waals surface area contributed by atoms with Crippen molar-refractivity contribution >= 4 is 17.7 Å². The van der Waals surface area contributed by atoms with E-state index in [0.29, 0.717) is 5.75 Å². The van der Waals surface area contributed by atoms with E-state index in [0.717, 1.165) is 21.8 Å². The van der Waals surface area contributed by atoms with Crippen LogP contribution in [-0.4, -0.2) is 18.2 Å². The number of rotatable bonds is 6. The molecule has 0 fully saturated rings. The lowest BCUT2D eigenvalue weighted by Crippen LogP contribution is -2.02. The van der Waals surface area contributed by atoms with Crippen molar-refractivity contribution in [2.24, 2.45) is 0 Å².